The summed E-state index contributed by atoms with van der Waals surface area (Å²) >= 11 is 7.13. The normalized spacial score (nSPS) is 11.5. The topological polar surface area (TPSA) is 95.5 Å². The first kappa shape index (κ1) is 25.7. The molecule has 36 heavy (non-hydrogen) atoms. The molecule has 0 saturated carbocycles. The van der Waals surface area contributed by atoms with Gasteiger partial charge in [-0.15, -0.1) is 10.2 Å². The Labute approximate surface area is 217 Å². The number of nitrogens with one attached hydrogen (secondary N) is 1. The summed E-state index contributed by atoms with van der Waals surface area (Å²) in [6.07, 6.45) is 0. The summed E-state index contributed by atoms with van der Waals surface area (Å²) in [5.74, 6) is -1.05. The summed E-state index contributed by atoms with van der Waals surface area (Å²) in [6.45, 7) is -0.121. The van der Waals surface area contributed by atoms with Gasteiger partial charge in [0.05, 0.1) is 12.2 Å². The van der Waals surface area contributed by atoms with Crippen LogP contribution in [0.4, 0.5) is 15.2 Å². The number of carbonyl (C=O) groups excluding carboxylic acids is 1. The summed E-state index contributed by atoms with van der Waals surface area (Å²) in [6, 6.07) is 19.1. The lowest BCUT2D eigenvalue weighted by Crippen LogP contribution is -2.40. The van der Waals surface area contributed by atoms with Crippen LogP contribution in [0.15, 0.2) is 72.8 Å². The fourth-order valence-corrected chi connectivity index (χ4v) is 5.19. The molecule has 0 saturated heterocycles. The first-order chi connectivity index (χ1) is 17.1. The summed E-state index contributed by atoms with van der Waals surface area (Å²) in [5, 5.41) is 12.4. The third-order valence-electron chi connectivity index (χ3n) is 5.14. The third kappa shape index (κ3) is 5.71. The minimum atomic E-state index is -3.98. The number of anilines is 2. The molecule has 0 atom stereocenters. The number of aromatic nitrogens is 2. The molecule has 4 rings (SSSR count). The summed E-state index contributed by atoms with van der Waals surface area (Å²) < 4.78 is 42.2. The quantitative estimate of drug-likeness (QED) is 0.334. The largest absolute Gasteiger partial charge is 0.303 e. The van der Waals surface area contributed by atoms with Crippen molar-refractivity contribution in [2.75, 3.05) is 23.7 Å². The van der Waals surface area contributed by atoms with Crippen molar-refractivity contribution in [3.8, 4) is 10.6 Å². The van der Waals surface area contributed by atoms with Crippen molar-refractivity contribution in [1.29, 1.82) is 0 Å². The van der Waals surface area contributed by atoms with Crippen molar-refractivity contribution in [2.24, 2.45) is 0 Å². The molecular weight excluding hydrogens is 525 g/mol. The van der Waals surface area contributed by atoms with E-state index in [1.54, 1.807) is 42.5 Å². The molecule has 0 spiro atoms. The first-order valence-electron chi connectivity index (χ1n) is 10.6. The number of para-hydroxylation sites is 1. The Kier molecular flexibility index (Phi) is 7.65. The lowest BCUT2D eigenvalue weighted by atomic mass is 10.1. The molecule has 0 fully saturated rings. The van der Waals surface area contributed by atoms with E-state index >= 15 is 0 Å². The van der Waals surface area contributed by atoms with Gasteiger partial charge in [0, 0.05) is 30.2 Å². The molecule has 0 aliphatic carbocycles. The van der Waals surface area contributed by atoms with Gasteiger partial charge in [0.25, 0.3) is 5.91 Å². The maximum atomic E-state index is 14.4. The van der Waals surface area contributed by atoms with Crippen LogP contribution in [-0.2, 0) is 16.8 Å². The molecule has 4 aromatic rings. The number of nitrogens with zero attached hydrogens (tertiary/aromatic N) is 4. The highest BCUT2D eigenvalue weighted by atomic mass is 35.5. The molecule has 1 N–H and O–H groups in total. The molecule has 12 heteroatoms. The smallest absolute Gasteiger partial charge is 0.296 e. The van der Waals surface area contributed by atoms with Crippen LogP contribution < -0.4 is 9.62 Å². The molecule has 8 nitrogen and oxygen atoms in total. The number of hydrogen-bond donors (Lipinski definition) is 1. The standard InChI is InChI=1S/C24H21ClFN5O3S2/c1-30(2)36(33,34)31(21-6-4-3-5-20(21)26)15-16-7-9-17(10-8-16)22(32)27-24-29-28-23(35-24)18-11-13-19(25)14-12-18/h3-14H,15H2,1-2H3,(H,27,29,32). The fourth-order valence-electron chi connectivity index (χ4n) is 3.22. The fraction of sp³-hybridized carbons (Fsp3) is 0.125. The Morgan fingerprint density at radius 1 is 1.00 bits per heavy atom. The van der Waals surface area contributed by atoms with Crippen LogP contribution in [0.2, 0.25) is 5.02 Å². The second-order valence-corrected chi connectivity index (χ2v) is 11.3. The lowest BCUT2D eigenvalue weighted by Gasteiger charge is -2.27. The molecule has 0 aliphatic heterocycles. The van der Waals surface area contributed by atoms with E-state index in [0.29, 0.717) is 26.3 Å². The Hall–Kier alpha value is -3.38. The molecule has 1 amide bonds. The number of hydrogen-bond acceptors (Lipinski definition) is 6. The monoisotopic (exact) mass is 545 g/mol. The van der Waals surface area contributed by atoms with Gasteiger partial charge < -0.3 is 0 Å². The van der Waals surface area contributed by atoms with Gasteiger partial charge in [0.2, 0.25) is 5.13 Å². The van der Waals surface area contributed by atoms with E-state index in [0.717, 1.165) is 14.2 Å². The molecule has 0 aliphatic rings. The van der Waals surface area contributed by atoms with E-state index < -0.39 is 21.9 Å². The van der Waals surface area contributed by atoms with Crippen LogP contribution in [0.25, 0.3) is 10.6 Å². The van der Waals surface area contributed by atoms with E-state index in [9.17, 15) is 17.6 Å². The van der Waals surface area contributed by atoms with E-state index in [1.165, 1.54) is 43.6 Å². The number of rotatable bonds is 8. The maximum Gasteiger partial charge on any atom is 0.303 e. The van der Waals surface area contributed by atoms with Crippen molar-refractivity contribution < 1.29 is 17.6 Å². The SMILES string of the molecule is CN(C)S(=O)(=O)N(Cc1ccc(C(=O)Nc2nnc(-c3ccc(Cl)cc3)s2)cc1)c1ccccc1F. The lowest BCUT2D eigenvalue weighted by molar-refractivity contribution is 0.102. The van der Waals surface area contributed by atoms with Crippen LogP contribution in [0.1, 0.15) is 15.9 Å². The predicted octanol–water partition coefficient (Wildman–Crippen LogP) is 5.06. The van der Waals surface area contributed by atoms with Gasteiger partial charge in [0.15, 0.2) is 0 Å². The number of amides is 1. The molecule has 1 aromatic heterocycles. The number of halogens is 2. The summed E-state index contributed by atoms with van der Waals surface area (Å²) in [7, 11) is -1.22. The van der Waals surface area contributed by atoms with Crippen molar-refractivity contribution >= 4 is 49.9 Å². The van der Waals surface area contributed by atoms with Gasteiger partial charge in [0.1, 0.15) is 10.8 Å². The average Bonchev–Trinajstić information content (AvgIpc) is 3.32. The first-order valence-corrected chi connectivity index (χ1v) is 13.2. The van der Waals surface area contributed by atoms with Gasteiger partial charge >= 0.3 is 10.2 Å². The predicted molar refractivity (Wildman–Crippen MR) is 140 cm³/mol. The number of carbonyl (C=O) groups is 1. The van der Waals surface area contributed by atoms with E-state index in [-0.39, 0.29) is 12.2 Å². The van der Waals surface area contributed by atoms with Crippen molar-refractivity contribution in [1.82, 2.24) is 14.5 Å². The second-order valence-electron chi connectivity index (χ2n) is 7.82. The zero-order chi connectivity index (χ0) is 25.9. The van der Waals surface area contributed by atoms with Crippen LogP contribution in [0.3, 0.4) is 0 Å². The Balaban J connectivity index is 1.49. The molecule has 1 heterocycles. The minimum Gasteiger partial charge on any atom is -0.296 e. The third-order valence-corrected chi connectivity index (χ3v) is 8.09. The van der Waals surface area contributed by atoms with Crippen molar-refractivity contribution in [3.63, 3.8) is 0 Å². The number of benzene rings is 3. The highest BCUT2D eigenvalue weighted by Gasteiger charge is 2.27. The second kappa shape index (κ2) is 10.7. The summed E-state index contributed by atoms with van der Waals surface area (Å²) in [5.41, 5.74) is 1.67. The molecule has 3 aromatic carbocycles. The molecule has 0 bridgehead atoms. The van der Waals surface area contributed by atoms with E-state index in [1.807, 2.05) is 12.1 Å². The Bertz CT molecular complexity index is 1480. The van der Waals surface area contributed by atoms with Gasteiger partial charge in [-0.25, -0.2) is 4.39 Å². The van der Waals surface area contributed by atoms with E-state index in [2.05, 4.69) is 15.5 Å². The summed E-state index contributed by atoms with van der Waals surface area (Å²) in [4.78, 5) is 12.7. The highest BCUT2D eigenvalue weighted by molar-refractivity contribution is 7.90. The minimum absolute atomic E-state index is 0.0687. The van der Waals surface area contributed by atoms with Crippen LogP contribution in [-0.4, -0.2) is 42.9 Å². The van der Waals surface area contributed by atoms with Crippen molar-refractivity contribution in [2.45, 2.75) is 6.54 Å². The van der Waals surface area contributed by atoms with Crippen molar-refractivity contribution in [3.05, 3.63) is 94.8 Å². The van der Waals surface area contributed by atoms with Crippen LogP contribution >= 0.6 is 22.9 Å². The van der Waals surface area contributed by atoms with Gasteiger partial charge in [-0.1, -0.05) is 59.3 Å². The van der Waals surface area contributed by atoms with E-state index in [4.69, 9.17) is 11.6 Å². The maximum absolute atomic E-state index is 14.4. The molecule has 0 radical (unpaired) electrons. The zero-order valence-corrected chi connectivity index (χ0v) is 21.6. The van der Waals surface area contributed by atoms with Gasteiger partial charge in [-0.2, -0.15) is 12.7 Å². The van der Waals surface area contributed by atoms with Gasteiger partial charge in [-0.3, -0.25) is 14.4 Å². The molecule has 186 valence electrons. The Morgan fingerprint density at radius 2 is 1.67 bits per heavy atom. The van der Waals surface area contributed by atoms with Crippen LogP contribution in [0.5, 0.6) is 0 Å². The Morgan fingerprint density at radius 3 is 2.31 bits per heavy atom. The zero-order valence-electron chi connectivity index (χ0n) is 19.2. The van der Waals surface area contributed by atoms with Gasteiger partial charge in [-0.05, 0) is 42.0 Å². The molecule has 0 unspecified atom stereocenters. The average molecular weight is 546 g/mol. The molecular formula is C24H21ClFN5O3S2. The highest BCUT2D eigenvalue weighted by Crippen LogP contribution is 2.28. The van der Waals surface area contributed by atoms with Crippen LogP contribution in [0, 0.1) is 5.82 Å².